The second-order valence-corrected chi connectivity index (χ2v) is 5.32. The number of hydrogen-bond donors (Lipinski definition) is 0. The first-order valence-electron chi connectivity index (χ1n) is 7.49. The van der Waals surface area contributed by atoms with Gasteiger partial charge in [0.1, 0.15) is 17.9 Å². The smallest absolute Gasteiger partial charge is 0.336 e. The van der Waals surface area contributed by atoms with Crippen LogP contribution in [0.2, 0.25) is 0 Å². The number of benzene rings is 2. The molecule has 0 unspecified atom stereocenters. The standard InChI is InChI=1S/C18H15NO5/c1-2-13-9-18(20)24-17-10-15(6-7-16(13)17)23-11-12-4-3-5-14(8-12)19(21)22/h3-10H,2,11H2,1H3. The van der Waals surface area contributed by atoms with Crippen molar-refractivity contribution in [2.45, 2.75) is 20.0 Å². The lowest BCUT2D eigenvalue weighted by atomic mass is 10.1. The van der Waals surface area contributed by atoms with Crippen LogP contribution in [0.3, 0.4) is 0 Å². The summed E-state index contributed by atoms with van der Waals surface area (Å²) in [6.07, 6.45) is 0.732. The van der Waals surface area contributed by atoms with Gasteiger partial charge < -0.3 is 9.15 Å². The van der Waals surface area contributed by atoms with Crippen LogP contribution in [0.4, 0.5) is 5.69 Å². The van der Waals surface area contributed by atoms with Crippen LogP contribution < -0.4 is 10.4 Å². The van der Waals surface area contributed by atoms with Crippen molar-refractivity contribution in [3.8, 4) is 5.75 Å². The Morgan fingerprint density at radius 2 is 2.00 bits per heavy atom. The maximum Gasteiger partial charge on any atom is 0.336 e. The third-order valence-electron chi connectivity index (χ3n) is 3.71. The van der Waals surface area contributed by atoms with Gasteiger partial charge in [-0.15, -0.1) is 0 Å². The van der Waals surface area contributed by atoms with Crippen LogP contribution in [0, 0.1) is 10.1 Å². The molecule has 0 N–H and O–H groups in total. The quantitative estimate of drug-likeness (QED) is 0.404. The number of nitro benzene ring substituents is 1. The van der Waals surface area contributed by atoms with Crippen LogP contribution in [0.25, 0.3) is 11.0 Å². The largest absolute Gasteiger partial charge is 0.489 e. The summed E-state index contributed by atoms with van der Waals surface area (Å²) in [4.78, 5) is 21.9. The number of aryl methyl sites for hydroxylation is 1. The van der Waals surface area contributed by atoms with E-state index in [-0.39, 0.29) is 12.3 Å². The molecule has 0 bridgehead atoms. The minimum absolute atomic E-state index is 0.0215. The van der Waals surface area contributed by atoms with Gasteiger partial charge in [-0.05, 0) is 29.7 Å². The van der Waals surface area contributed by atoms with Gasteiger partial charge in [0.25, 0.3) is 5.69 Å². The van der Waals surface area contributed by atoms with Gasteiger partial charge in [-0.2, -0.15) is 0 Å². The first-order valence-corrected chi connectivity index (χ1v) is 7.49. The molecular weight excluding hydrogens is 310 g/mol. The molecule has 0 fully saturated rings. The second-order valence-electron chi connectivity index (χ2n) is 5.32. The zero-order valence-electron chi connectivity index (χ0n) is 13.0. The first kappa shape index (κ1) is 15.7. The molecule has 3 rings (SSSR count). The number of non-ortho nitro benzene ring substituents is 1. The molecule has 0 atom stereocenters. The molecule has 0 saturated heterocycles. The molecule has 122 valence electrons. The van der Waals surface area contributed by atoms with E-state index in [0.717, 1.165) is 17.4 Å². The molecule has 24 heavy (non-hydrogen) atoms. The number of nitrogens with zero attached hydrogens (tertiary/aromatic N) is 1. The number of fused-ring (bicyclic) bond motifs is 1. The molecule has 0 radical (unpaired) electrons. The highest BCUT2D eigenvalue weighted by atomic mass is 16.6. The zero-order valence-corrected chi connectivity index (χ0v) is 13.0. The highest BCUT2D eigenvalue weighted by Crippen LogP contribution is 2.24. The maximum absolute atomic E-state index is 11.6. The van der Waals surface area contributed by atoms with E-state index in [0.29, 0.717) is 16.9 Å². The van der Waals surface area contributed by atoms with E-state index in [1.54, 1.807) is 24.3 Å². The fourth-order valence-electron chi connectivity index (χ4n) is 2.52. The molecule has 1 heterocycles. The van der Waals surface area contributed by atoms with Crippen LogP contribution in [-0.2, 0) is 13.0 Å². The maximum atomic E-state index is 11.6. The Kier molecular flexibility index (Phi) is 4.29. The number of rotatable bonds is 5. The first-order chi connectivity index (χ1) is 11.6. The van der Waals surface area contributed by atoms with Crippen molar-refractivity contribution in [1.82, 2.24) is 0 Å². The van der Waals surface area contributed by atoms with Crippen LogP contribution >= 0.6 is 0 Å². The molecule has 0 aliphatic rings. The summed E-state index contributed by atoms with van der Waals surface area (Å²) in [5.74, 6) is 0.533. The fourth-order valence-corrected chi connectivity index (χ4v) is 2.52. The van der Waals surface area contributed by atoms with Gasteiger partial charge in [0.15, 0.2) is 0 Å². The van der Waals surface area contributed by atoms with Gasteiger partial charge in [0.05, 0.1) is 4.92 Å². The Balaban J connectivity index is 1.84. The second kappa shape index (κ2) is 6.54. The third-order valence-corrected chi connectivity index (χ3v) is 3.71. The number of ether oxygens (including phenoxy) is 1. The van der Waals surface area contributed by atoms with E-state index in [4.69, 9.17) is 9.15 Å². The summed E-state index contributed by atoms with van der Waals surface area (Å²) in [6, 6.07) is 13.1. The average Bonchev–Trinajstić information content (AvgIpc) is 2.59. The van der Waals surface area contributed by atoms with E-state index >= 15 is 0 Å². The fraction of sp³-hybridized carbons (Fsp3) is 0.167. The van der Waals surface area contributed by atoms with E-state index < -0.39 is 10.5 Å². The SMILES string of the molecule is CCc1cc(=O)oc2cc(OCc3cccc([N+](=O)[O-])c3)ccc12. The van der Waals surface area contributed by atoms with Gasteiger partial charge in [0.2, 0.25) is 0 Å². The summed E-state index contributed by atoms with van der Waals surface area (Å²) in [5.41, 5.74) is 1.71. The minimum Gasteiger partial charge on any atom is -0.489 e. The predicted molar refractivity (Wildman–Crippen MR) is 89.3 cm³/mol. The summed E-state index contributed by atoms with van der Waals surface area (Å²) < 4.78 is 10.9. The van der Waals surface area contributed by atoms with Crippen molar-refractivity contribution < 1.29 is 14.1 Å². The molecule has 0 saturated carbocycles. The van der Waals surface area contributed by atoms with E-state index in [2.05, 4.69) is 0 Å². The molecule has 2 aromatic carbocycles. The lowest BCUT2D eigenvalue weighted by Gasteiger charge is -2.08. The Morgan fingerprint density at radius 1 is 1.17 bits per heavy atom. The molecule has 0 spiro atoms. The predicted octanol–water partition coefficient (Wildman–Crippen LogP) is 3.84. The topological polar surface area (TPSA) is 82.6 Å². The molecule has 6 heteroatoms. The molecule has 0 aliphatic heterocycles. The Bertz CT molecular complexity index is 961. The molecule has 0 amide bonds. The molecule has 6 nitrogen and oxygen atoms in total. The normalized spacial score (nSPS) is 10.7. The van der Waals surface area contributed by atoms with Crippen molar-refractivity contribution in [2.75, 3.05) is 0 Å². The summed E-state index contributed by atoms with van der Waals surface area (Å²) in [6.45, 7) is 2.16. The Morgan fingerprint density at radius 3 is 2.75 bits per heavy atom. The molecule has 0 aliphatic carbocycles. The zero-order chi connectivity index (χ0) is 17.1. The van der Waals surface area contributed by atoms with Crippen molar-refractivity contribution in [3.63, 3.8) is 0 Å². The van der Waals surface area contributed by atoms with Gasteiger partial charge in [-0.3, -0.25) is 10.1 Å². The average molecular weight is 325 g/mol. The highest BCUT2D eigenvalue weighted by molar-refractivity contribution is 5.81. The van der Waals surface area contributed by atoms with Gasteiger partial charge in [-0.25, -0.2) is 4.79 Å². The van der Waals surface area contributed by atoms with Crippen molar-refractivity contribution in [1.29, 1.82) is 0 Å². The summed E-state index contributed by atoms with van der Waals surface area (Å²) in [7, 11) is 0. The minimum atomic E-state index is -0.444. The van der Waals surface area contributed by atoms with Crippen molar-refractivity contribution >= 4 is 16.7 Å². The lowest BCUT2D eigenvalue weighted by molar-refractivity contribution is -0.384. The summed E-state index contributed by atoms with van der Waals surface area (Å²) >= 11 is 0. The Labute approximate surface area is 137 Å². The Hall–Kier alpha value is -3.15. The van der Waals surface area contributed by atoms with E-state index in [1.807, 2.05) is 13.0 Å². The third kappa shape index (κ3) is 3.27. The molecule has 1 aromatic heterocycles. The van der Waals surface area contributed by atoms with Crippen LogP contribution in [0.15, 0.2) is 57.7 Å². The van der Waals surface area contributed by atoms with Crippen molar-refractivity contribution in [2.24, 2.45) is 0 Å². The van der Waals surface area contributed by atoms with Gasteiger partial charge in [0, 0.05) is 29.7 Å². The number of nitro groups is 1. The van der Waals surface area contributed by atoms with Gasteiger partial charge in [-0.1, -0.05) is 19.1 Å². The van der Waals surface area contributed by atoms with E-state index in [1.165, 1.54) is 18.2 Å². The van der Waals surface area contributed by atoms with Crippen molar-refractivity contribution in [3.05, 3.63) is 80.2 Å². The highest BCUT2D eigenvalue weighted by Gasteiger charge is 2.08. The summed E-state index contributed by atoms with van der Waals surface area (Å²) in [5, 5.41) is 11.7. The lowest BCUT2D eigenvalue weighted by Crippen LogP contribution is -2.01. The molecule has 3 aromatic rings. The van der Waals surface area contributed by atoms with Crippen LogP contribution in [0.5, 0.6) is 5.75 Å². The van der Waals surface area contributed by atoms with Crippen LogP contribution in [0.1, 0.15) is 18.1 Å². The van der Waals surface area contributed by atoms with E-state index in [9.17, 15) is 14.9 Å². The molecular formula is C18H15NO5. The van der Waals surface area contributed by atoms with Crippen LogP contribution in [-0.4, -0.2) is 4.92 Å². The van der Waals surface area contributed by atoms with Gasteiger partial charge >= 0.3 is 5.63 Å². The monoisotopic (exact) mass is 325 g/mol. The number of hydrogen-bond acceptors (Lipinski definition) is 5.